The SMILES string of the molecule is CCCNc1cc(NC(C)Cn2ccnc2)ccn1. The van der Waals surface area contributed by atoms with Crippen LogP contribution in [-0.4, -0.2) is 27.1 Å². The van der Waals surface area contributed by atoms with Gasteiger partial charge < -0.3 is 15.2 Å². The van der Waals surface area contributed by atoms with Crippen molar-refractivity contribution in [2.24, 2.45) is 0 Å². The van der Waals surface area contributed by atoms with E-state index in [4.69, 9.17) is 0 Å². The summed E-state index contributed by atoms with van der Waals surface area (Å²) in [6, 6.07) is 4.36. The van der Waals surface area contributed by atoms with Crippen LogP contribution in [0.25, 0.3) is 0 Å². The van der Waals surface area contributed by atoms with Crippen LogP contribution in [0.2, 0.25) is 0 Å². The summed E-state index contributed by atoms with van der Waals surface area (Å²) >= 11 is 0. The molecule has 0 aliphatic heterocycles. The molecule has 0 aromatic carbocycles. The van der Waals surface area contributed by atoms with Crippen LogP contribution in [0.3, 0.4) is 0 Å². The standard InChI is InChI=1S/C14H21N5/c1-3-5-16-14-9-13(4-6-17-14)18-12(2)10-19-8-7-15-11-19/h4,6-9,11-12H,3,5,10H2,1-2H3,(H2,16,17,18). The van der Waals surface area contributed by atoms with Gasteiger partial charge in [0.25, 0.3) is 0 Å². The average molecular weight is 259 g/mol. The van der Waals surface area contributed by atoms with E-state index in [1.165, 1.54) is 0 Å². The van der Waals surface area contributed by atoms with Gasteiger partial charge in [0, 0.05) is 49.5 Å². The Balaban J connectivity index is 1.90. The summed E-state index contributed by atoms with van der Waals surface area (Å²) < 4.78 is 2.06. The normalized spacial score (nSPS) is 12.1. The van der Waals surface area contributed by atoms with Gasteiger partial charge in [0.05, 0.1) is 6.33 Å². The molecule has 0 aliphatic carbocycles. The van der Waals surface area contributed by atoms with Gasteiger partial charge >= 0.3 is 0 Å². The minimum Gasteiger partial charge on any atom is -0.381 e. The predicted molar refractivity (Wildman–Crippen MR) is 78.3 cm³/mol. The molecule has 102 valence electrons. The van der Waals surface area contributed by atoms with Crippen LogP contribution in [0.15, 0.2) is 37.1 Å². The molecule has 5 nitrogen and oxygen atoms in total. The summed E-state index contributed by atoms with van der Waals surface area (Å²) in [5.74, 6) is 0.918. The molecule has 0 saturated carbocycles. The molecule has 0 spiro atoms. The molecular weight excluding hydrogens is 238 g/mol. The minimum absolute atomic E-state index is 0.329. The van der Waals surface area contributed by atoms with Gasteiger partial charge in [-0.15, -0.1) is 0 Å². The summed E-state index contributed by atoms with van der Waals surface area (Å²) in [5, 5.41) is 6.76. The lowest BCUT2D eigenvalue weighted by molar-refractivity contribution is 0.619. The topological polar surface area (TPSA) is 54.8 Å². The van der Waals surface area contributed by atoms with Crippen molar-refractivity contribution in [3.63, 3.8) is 0 Å². The van der Waals surface area contributed by atoms with Crippen molar-refractivity contribution >= 4 is 11.5 Å². The van der Waals surface area contributed by atoms with Gasteiger partial charge in [0.15, 0.2) is 0 Å². The third-order valence-corrected chi connectivity index (χ3v) is 2.77. The first-order chi connectivity index (χ1) is 9.28. The number of hydrogen-bond acceptors (Lipinski definition) is 4. The molecule has 2 aromatic heterocycles. The van der Waals surface area contributed by atoms with E-state index in [1.807, 2.05) is 30.9 Å². The number of nitrogens with one attached hydrogen (secondary N) is 2. The maximum absolute atomic E-state index is 4.29. The van der Waals surface area contributed by atoms with Crippen LogP contribution < -0.4 is 10.6 Å². The molecule has 2 aromatic rings. The molecule has 0 bridgehead atoms. The second-order valence-corrected chi connectivity index (χ2v) is 4.66. The van der Waals surface area contributed by atoms with E-state index in [0.717, 1.165) is 31.0 Å². The van der Waals surface area contributed by atoms with Crippen LogP contribution in [0, 0.1) is 0 Å². The quantitative estimate of drug-likeness (QED) is 0.802. The molecule has 0 aliphatic rings. The number of nitrogens with zero attached hydrogens (tertiary/aromatic N) is 3. The Morgan fingerprint density at radius 2 is 2.26 bits per heavy atom. The Kier molecular flexibility index (Phi) is 4.78. The Morgan fingerprint density at radius 3 is 3.00 bits per heavy atom. The number of rotatable bonds is 7. The molecule has 1 unspecified atom stereocenters. The predicted octanol–water partition coefficient (Wildman–Crippen LogP) is 2.60. The molecule has 0 amide bonds. The summed E-state index contributed by atoms with van der Waals surface area (Å²) in [7, 11) is 0. The summed E-state index contributed by atoms with van der Waals surface area (Å²) in [6.07, 6.45) is 8.52. The highest BCUT2D eigenvalue weighted by Gasteiger charge is 2.03. The molecule has 2 N–H and O–H groups in total. The minimum atomic E-state index is 0.329. The smallest absolute Gasteiger partial charge is 0.127 e. The highest BCUT2D eigenvalue weighted by atomic mass is 15.1. The second-order valence-electron chi connectivity index (χ2n) is 4.66. The third kappa shape index (κ3) is 4.28. The number of imidazole rings is 1. The van der Waals surface area contributed by atoms with Crippen molar-refractivity contribution in [3.8, 4) is 0 Å². The van der Waals surface area contributed by atoms with E-state index in [0.29, 0.717) is 6.04 Å². The molecule has 19 heavy (non-hydrogen) atoms. The van der Waals surface area contributed by atoms with Gasteiger partial charge in [-0.1, -0.05) is 6.92 Å². The zero-order valence-electron chi connectivity index (χ0n) is 11.5. The van der Waals surface area contributed by atoms with Crippen molar-refractivity contribution in [1.82, 2.24) is 14.5 Å². The Bertz CT molecular complexity index is 480. The fraction of sp³-hybridized carbons (Fsp3) is 0.429. The van der Waals surface area contributed by atoms with Crippen LogP contribution in [0.4, 0.5) is 11.5 Å². The van der Waals surface area contributed by atoms with Crippen LogP contribution in [0.1, 0.15) is 20.3 Å². The maximum atomic E-state index is 4.29. The van der Waals surface area contributed by atoms with E-state index >= 15 is 0 Å². The van der Waals surface area contributed by atoms with Gasteiger partial charge in [-0.3, -0.25) is 0 Å². The summed E-state index contributed by atoms with van der Waals surface area (Å²) in [6.45, 7) is 6.13. The van der Waals surface area contributed by atoms with Gasteiger partial charge in [0.1, 0.15) is 5.82 Å². The zero-order chi connectivity index (χ0) is 13.5. The van der Waals surface area contributed by atoms with Gasteiger partial charge in [-0.2, -0.15) is 0 Å². The van der Waals surface area contributed by atoms with Crippen molar-refractivity contribution in [2.75, 3.05) is 17.2 Å². The van der Waals surface area contributed by atoms with Gasteiger partial charge in [-0.05, 0) is 19.4 Å². The van der Waals surface area contributed by atoms with Crippen LogP contribution >= 0.6 is 0 Å². The Hall–Kier alpha value is -2.04. The third-order valence-electron chi connectivity index (χ3n) is 2.77. The largest absolute Gasteiger partial charge is 0.381 e. The van der Waals surface area contributed by atoms with Crippen molar-refractivity contribution in [2.45, 2.75) is 32.9 Å². The fourth-order valence-electron chi connectivity index (χ4n) is 1.91. The molecule has 0 radical (unpaired) electrons. The Labute approximate surface area is 114 Å². The highest BCUT2D eigenvalue weighted by Crippen LogP contribution is 2.13. The zero-order valence-corrected chi connectivity index (χ0v) is 11.5. The Morgan fingerprint density at radius 1 is 1.37 bits per heavy atom. The summed E-state index contributed by atoms with van der Waals surface area (Å²) in [4.78, 5) is 8.34. The molecule has 0 saturated heterocycles. The van der Waals surface area contributed by atoms with Crippen LogP contribution in [0.5, 0.6) is 0 Å². The number of aromatic nitrogens is 3. The fourth-order valence-corrected chi connectivity index (χ4v) is 1.91. The molecule has 2 rings (SSSR count). The molecule has 1 atom stereocenters. The lowest BCUT2D eigenvalue weighted by Crippen LogP contribution is -2.21. The first-order valence-corrected chi connectivity index (χ1v) is 6.70. The first kappa shape index (κ1) is 13.4. The molecular formula is C14H21N5. The summed E-state index contributed by atoms with van der Waals surface area (Å²) in [5.41, 5.74) is 1.08. The number of pyridine rings is 1. The maximum Gasteiger partial charge on any atom is 0.127 e. The first-order valence-electron chi connectivity index (χ1n) is 6.70. The van der Waals surface area contributed by atoms with Gasteiger partial charge in [-0.25, -0.2) is 9.97 Å². The van der Waals surface area contributed by atoms with Crippen molar-refractivity contribution in [3.05, 3.63) is 37.1 Å². The lowest BCUT2D eigenvalue weighted by atomic mass is 10.3. The van der Waals surface area contributed by atoms with E-state index in [1.54, 1.807) is 6.20 Å². The highest BCUT2D eigenvalue weighted by molar-refractivity contribution is 5.52. The lowest BCUT2D eigenvalue weighted by Gasteiger charge is -2.16. The van der Waals surface area contributed by atoms with Crippen molar-refractivity contribution < 1.29 is 0 Å². The second kappa shape index (κ2) is 6.78. The van der Waals surface area contributed by atoms with E-state index in [-0.39, 0.29) is 0 Å². The van der Waals surface area contributed by atoms with Gasteiger partial charge in [0.2, 0.25) is 0 Å². The number of anilines is 2. The molecule has 0 fully saturated rings. The average Bonchev–Trinajstić information content (AvgIpc) is 2.89. The number of hydrogen-bond donors (Lipinski definition) is 2. The monoisotopic (exact) mass is 259 g/mol. The van der Waals surface area contributed by atoms with E-state index in [2.05, 4.69) is 39.0 Å². The van der Waals surface area contributed by atoms with Crippen LogP contribution in [-0.2, 0) is 6.54 Å². The van der Waals surface area contributed by atoms with Crippen molar-refractivity contribution in [1.29, 1.82) is 0 Å². The molecule has 5 heteroatoms. The molecule has 2 heterocycles. The van der Waals surface area contributed by atoms with E-state index in [9.17, 15) is 0 Å². The van der Waals surface area contributed by atoms with E-state index < -0.39 is 0 Å².